The van der Waals surface area contributed by atoms with Gasteiger partial charge in [0.2, 0.25) is 10.0 Å². The van der Waals surface area contributed by atoms with Gasteiger partial charge in [-0.2, -0.15) is 10.4 Å². The molecular weight excluding hydrogens is 421 g/mol. The van der Waals surface area contributed by atoms with E-state index in [1.165, 1.54) is 42.5 Å². The topological polar surface area (TPSA) is 131 Å². The van der Waals surface area contributed by atoms with Crippen LogP contribution in [0.5, 0.6) is 0 Å². The number of primary sulfonamides is 1. The number of carbonyl (C=O) groups is 1. The minimum Gasteiger partial charge on any atom is -0.321 e. The smallest absolute Gasteiger partial charge is 0.266 e. The number of carbonyl (C=O) groups excluding carboxylic acids is 1. The van der Waals surface area contributed by atoms with E-state index in [-0.39, 0.29) is 16.3 Å². The fourth-order valence-electron chi connectivity index (χ4n) is 2.92. The lowest BCUT2D eigenvalue weighted by atomic mass is 10.1. The second kappa shape index (κ2) is 8.51. The van der Waals surface area contributed by atoms with Gasteiger partial charge in [-0.15, -0.1) is 0 Å². The number of sulfonamides is 1. The largest absolute Gasteiger partial charge is 0.321 e. The van der Waals surface area contributed by atoms with Crippen molar-refractivity contribution in [2.75, 3.05) is 5.32 Å². The van der Waals surface area contributed by atoms with Crippen molar-refractivity contribution >= 4 is 27.7 Å². The number of hydrogen-bond acceptors (Lipinski definition) is 5. The highest BCUT2D eigenvalue weighted by atomic mass is 32.2. The maximum absolute atomic E-state index is 13.2. The summed E-state index contributed by atoms with van der Waals surface area (Å²) in [6.07, 6.45) is 1.42. The normalized spacial score (nSPS) is 11.8. The van der Waals surface area contributed by atoms with E-state index in [0.717, 1.165) is 0 Å². The van der Waals surface area contributed by atoms with Crippen molar-refractivity contribution in [2.45, 2.75) is 18.7 Å². The molecule has 3 N–H and O–H groups in total. The number of hydrogen-bond donors (Lipinski definition) is 2. The second-order valence-corrected chi connectivity index (χ2v) is 8.23. The Balaban J connectivity index is 1.88. The van der Waals surface area contributed by atoms with Crippen molar-refractivity contribution < 1.29 is 17.6 Å². The Bertz CT molecular complexity index is 1320. The maximum atomic E-state index is 13.2. The van der Waals surface area contributed by atoms with Gasteiger partial charge in [0.1, 0.15) is 17.5 Å². The Kier molecular flexibility index (Phi) is 6.01. The summed E-state index contributed by atoms with van der Waals surface area (Å²) in [6.45, 7) is 3.51. The molecule has 8 nitrogen and oxygen atoms in total. The number of rotatable bonds is 5. The first-order chi connectivity index (χ1) is 14.6. The summed E-state index contributed by atoms with van der Waals surface area (Å²) in [7, 11) is -3.85. The van der Waals surface area contributed by atoms with Crippen LogP contribution in [0.25, 0.3) is 11.8 Å². The van der Waals surface area contributed by atoms with Gasteiger partial charge in [-0.1, -0.05) is 0 Å². The number of nitrogens with one attached hydrogen (secondary N) is 1. The zero-order chi connectivity index (χ0) is 22.8. The zero-order valence-corrected chi connectivity index (χ0v) is 17.4. The first kappa shape index (κ1) is 21.9. The molecule has 0 radical (unpaired) electrons. The Hall–Kier alpha value is -3.81. The van der Waals surface area contributed by atoms with Gasteiger partial charge in [-0.05, 0) is 68.5 Å². The van der Waals surface area contributed by atoms with E-state index in [9.17, 15) is 22.9 Å². The van der Waals surface area contributed by atoms with E-state index < -0.39 is 15.9 Å². The molecule has 1 heterocycles. The van der Waals surface area contributed by atoms with Crippen molar-refractivity contribution in [1.82, 2.24) is 9.78 Å². The number of aryl methyl sites for hydroxylation is 1. The number of benzene rings is 2. The predicted molar refractivity (Wildman–Crippen MR) is 113 cm³/mol. The zero-order valence-electron chi connectivity index (χ0n) is 16.6. The first-order valence-electron chi connectivity index (χ1n) is 8.98. The molecule has 0 spiro atoms. The lowest BCUT2D eigenvalue weighted by molar-refractivity contribution is -0.112. The quantitative estimate of drug-likeness (QED) is 0.466. The Labute approximate surface area is 178 Å². The van der Waals surface area contributed by atoms with Crippen LogP contribution in [0.15, 0.2) is 59.0 Å². The molecule has 158 valence electrons. The molecule has 31 heavy (non-hydrogen) atoms. The van der Waals surface area contributed by atoms with Crippen molar-refractivity contribution in [3.63, 3.8) is 0 Å². The Morgan fingerprint density at radius 3 is 2.32 bits per heavy atom. The summed E-state index contributed by atoms with van der Waals surface area (Å²) < 4.78 is 37.4. The molecular formula is C21H18FN5O3S. The lowest BCUT2D eigenvalue weighted by Crippen LogP contribution is -2.14. The van der Waals surface area contributed by atoms with E-state index in [1.807, 2.05) is 6.07 Å². The number of nitrogens with zero attached hydrogens (tertiary/aromatic N) is 3. The molecule has 3 rings (SSSR count). The van der Waals surface area contributed by atoms with E-state index in [1.54, 1.807) is 30.7 Å². The minimum absolute atomic E-state index is 0.0963. The van der Waals surface area contributed by atoms with Crippen LogP contribution >= 0.6 is 0 Å². The minimum atomic E-state index is -3.85. The van der Waals surface area contributed by atoms with Crippen LogP contribution < -0.4 is 10.5 Å². The second-order valence-electron chi connectivity index (χ2n) is 6.67. The highest BCUT2D eigenvalue weighted by molar-refractivity contribution is 7.89. The fourth-order valence-corrected chi connectivity index (χ4v) is 3.43. The molecule has 0 fully saturated rings. The third kappa shape index (κ3) is 4.85. The molecule has 1 amide bonds. The van der Waals surface area contributed by atoms with E-state index in [2.05, 4.69) is 10.4 Å². The predicted octanol–water partition coefficient (Wildman–Crippen LogP) is 2.82. The van der Waals surface area contributed by atoms with Gasteiger partial charge in [-0.3, -0.25) is 4.79 Å². The Morgan fingerprint density at radius 1 is 1.16 bits per heavy atom. The van der Waals surface area contributed by atoms with E-state index in [0.29, 0.717) is 28.3 Å². The van der Waals surface area contributed by atoms with Gasteiger partial charge in [0.15, 0.2) is 0 Å². The van der Waals surface area contributed by atoms with Gasteiger partial charge in [0.05, 0.1) is 16.3 Å². The van der Waals surface area contributed by atoms with E-state index in [4.69, 9.17) is 5.14 Å². The molecule has 0 aliphatic rings. The summed E-state index contributed by atoms with van der Waals surface area (Å²) in [5, 5.41) is 21.5. The van der Waals surface area contributed by atoms with Crippen molar-refractivity contribution in [3.8, 4) is 11.8 Å². The molecule has 0 aliphatic heterocycles. The lowest BCUT2D eigenvalue weighted by Gasteiger charge is -2.06. The number of anilines is 1. The molecule has 0 unspecified atom stereocenters. The van der Waals surface area contributed by atoms with Crippen LogP contribution in [0, 0.1) is 31.0 Å². The Morgan fingerprint density at radius 2 is 1.77 bits per heavy atom. The molecule has 0 saturated heterocycles. The number of amides is 1. The number of halogens is 1. The monoisotopic (exact) mass is 439 g/mol. The number of nitrogens with two attached hydrogens (primary N) is 1. The van der Waals surface area contributed by atoms with Gasteiger partial charge in [0, 0.05) is 16.9 Å². The molecule has 0 atom stereocenters. The summed E-state index contributed by atoms with van der Waals surface area (Å²) in [4.78, 5) is 12.5. The van der Waals surface area contributed by atoms with Gasteiger partial charge >= 0.3 is 0 Å². The van der Waals surface area contributed by atoms with Crippen LogP contribution in [0.4, 0.5) is 10.1 Å². The van der Waals surface area contributed by atoms with Crippen LogP contribution in [0.3, 0.4) is 0 Å². The third-order valence-electron chi connectivity index (χ3n) is 4.51. The summed E-state index contributed by atoms with van der Waals surface area (Å²) in [5.41, 5.74) is 2.61. The average Bonchev–Trinajstić information content (AvgIpc) is 3.00. The maximum Gasteiger partial charge on any atom is 0.266 e. The van der Waals surface area contributed by atoms with Gasteiger partial charge in [-0.25, -0.2) is 22.6 Å². The molecule has 0 bridgehead atoms. The summed E-state index contributed by atoms with van der Waals surface area (Å²) in [5.74, 6) is -1.04. The highest BCUT2D eigenvalue weighted by Gasteiger charge is 2.16. The summed E-state index contributed by atoms with van der Waals surface area (Å²) in [6, 6.07) is 12.9. The van der Waals surface area contributed by atoms with Crippen LogP contribution in [0.2, 0.25) is 0 Å². The third-order valence-corrected chi connectivity index (χ3v) is 5.44. The average molecular weight is 439 g/mol. The van der Waals surface area contributed by atoms with Crippen molar-refractivity contribution in [3.05, 3.63) is 76.9 Å². The van der Waals surface area contributed by atoms with Crippen molar-refractivity contribution in [1.29, 1.82) is 5.26 Å². The molecule has 2 aromatic carbocycles. The summed E-state index contributed by atoms with van der Waals surface area (Å²) >= 11 is 0. The first-order valence-corrected chi connectivity index (χ1v) is 10.5. The molecule has 3 aromatic rings. The SMILES string of the molecule is Cc1nn(-c2ccc(F)cc2)c(C)c1/C=C(/C#N)C(=O)Nc1ccc(S(N)(=O)=O)cc1. The van der Waals surface area contributed by atoms with Crippen molar-refractivity contribution in [2.24, 2.45) is 5.14 Å². The molecule has 0 saturated carbocycles. The molecule has 0 aliphatic carbocycles. The fraction of sp³-hybridized carbons (Fsp3) is 0.0952. The van der Waals surface area contributed by atoms with Gasteiger partial charge < -0.3 is 5.32 Å². The van der Waals surface area contributed by atoms with Gasteiger partial charge in [0.25, 0.3) is 5.91 Å². The van der Waals surface area contributed by atoms with Crippen LogP contribution in [-0.4, -0.2) is 24.1 Å². The van der Waals surface area contributed by atoms with E-state index >= 15 is 0 Å². The molecule has 1 aromatic heterocycles. The number of nitriles is 1. The van der Waals surface area contributed by atoms with Crippen LogP contribution in [-0.2, 0) is 14.8 Å². The standard InChI is InChI=1S/C21H18FN5O3S/c1-13-20(14(2)27(26-13)18-7-3-16(22)4-8-18)11-15(12-23)21(28)25-17-5-9-19(10-6-17)31(24,29)30/h3-11H,1-2H3,(H,25,28)(H2,24,29,30)/b15-11-. The van der Waals surface area contributed by atoms with Crippen LogP contribution in [0.1, 0.15) is 17.0 Å². The number of aromatic nitrogens is 2. The molecule has 10 heteroatoms. The highest BCUT2D eigenvalue weighted by Crippen LogP contribution is 2.21.